The largest absolute Gasteiger partial charge is 1.00 e. The van der Waals surface area contributed by atoms with E-state index in [-0.39, 0.29) is 12.4 Å². The summed E-state index contributed by atoms with van der Waals surface area (Å²) < 4.78 is 5.74. The van der Waals surface area contributed by atoms with Crippen LogP contribution in [-0.4, -0.2) is 16.5 Å². The van der Waals surface area contributed by atoms with Crippen molar-refractivity contribution >= 4 is 23.0 Å². The van der Waals surface area contributed by atoms with Crippen molar-refractivity contribution in [2.75, 3.05) is 11.9 Å². The number of nitrogens with one attached hydrogen (secondary N) is 1. The minimum Gasteiger partial charge on any atom is -1.00 e. The van der Waals surface area contributed by atoms with E-state index in [0.29, 0.717) is 17.1 Å². The van der Waals surface area contributed by atoms with Crippen molar-refractivity contribution in [1.82, 2.24) is 9.97 Å². The van der Waals surface area contributed by atoms with Crippen molar-refractivity contribution in [2.45, 2.75) is 0 Å². The molecule has 0 aliphatic heterocycles. The fourth-order valence-corrected chi connectivity index (χ4v) is 2.56. The van der Waals surface area contributed by atoms with Gasteiger partial charge in [0.2, 0.25) is 5.89 Å². The highest BCUT2D eigenvalue weighted by atomic mass is 35.5. The molecule has 1 N–H and O–H groups in total. The maximum Gasteiger partial charge on any atom is 0.228 e. The molecule has 0 unspecified atom stereocenters. The van der Waals surface area contributed by atoms with E-state index in [1.54, 1.807) is 6.20 Å². The summed E-state index contributed by atoms with van der Waals surface area (Å²) in [6.07, 6.45) is 5.92. The Kier molecular flexibility index (Phi) is 5.66. The third-order valence-corrected chi connectivity index (χ3v) is 3.83. The number of hydrogen-bond acceptors (Lipinski definition) is 4. The molecule has 0 amide bonds. The molecule has 0 aliphatic carbocycles. The van der Waals surface area contributed by atoms with Gasteiger partial charge in [0, 0.05) is 24.0 Å². The third-order valence-electron chi connectivity index (χ3n) is 3.83. The first-order valence-electron chi connectivity index (χ1n) is 8.16. The Morgan fingerprint density at radius 2 is 1.73 bits per heavy atom. The van der Waals surface area contributed by atoms with Crippen LogP contribution in [0.25, 0.3) is 28.8 Å². The number of oxazole rings is 1. The van der Waals surface area contributed by atoms with Crippen molar-refractivity contribution in [3.05, 3.63) is 84.6 Å². The van der Waals surface area contributed by atoms with E-state index in [1.165, 1.54) is 5.56 Å². The van der Waals surface area contributed by atoms with Crippen LogP contribution in [-0.2, 0) is 0 Å². The molecule has 26 heavy (non-hydrogen) atoms. The molecule has 0 aliphatic rings. The van der Waals surface area contributed by atoms with Gasteiger partial charge in [-0.05, 0) is 42.0 Å². The molecule has 130 valence electrons. The van der Waals surface area contributed by atoms with Crippen LogP contribution in [0.2, 0.25) is 0 Å². The van der Waals surface area contributed by atoms with Gasteiger partial charge in [-0.1, -0.05) is 42.5 Å². The molecule has 2 heterocycles. The molecule has 0 fully saturated rings. The maximum absolute atomic E-state index is 5.74. The molecule has 4 aromatic rings. The van der Waals surface area contributed by atoms with Crippen LogP contribution in [0.15, 0.2) is 83.4 Å². The summed E-state index contributed by atoms with van der Waals surface area (Å²) in [4.78, 5) is 8.61. The zero-order valence-corrected chi connectivity index (χ0v) is 14.7. The number of pyridine rings is 1. The van der Waals surface area contributed by atoms with Gasteiger partial charge in [-0.25, -0.2) is 4.98 Å². The molecular formula is C21H17ClN3O-. The fraction of sp³-hybridized carbons (Fsp3) is 0.0476. The summed E-state index contributed by atoms with van der Waals surface area (Å²) in [6.45, 7) is 0.765. The minimum absolute atomic E-state index is 0. The zero-order valence-electron chi connectivity index (χ0n) is 14.0. The van der Waals surface area contributed by atoms with Crippen LogP contribution in [0.3, 0.4) is 0 Å². The van der Waals surface area contributed by atoms with Crippen LogP contribution in [0.4, 0.5) is 5.69 Å². The van der Waals surface area contributed by atoms with Crippen LogP contribution in [0.5, 0.6) is 0 Å². The lowest BCUT2D eigenvalue weighted by atomic mass is 10.2. The van der Waals surface area contributed by atoms with E-state index in [2.05, 4.69) is 39.6 Å². The van der Waals surface area contributed by atoms with Gasteiger partial charge < -0.3 is 22.1 Å². The number of benzene rings is 2. The molecule has 0 radical (unpaired) electrons. The Balaban J connectivity index is 0.00000196. The standard InChI is InChI=1S/C21H17N3O.ClH/c1-2-6-16(7-3-1)8-4-14-22-18-12-10-17(11-13-18)21-24-20-19(25-21)9-5-15-23-20;/h1-13,15,22H,14H2;1H/p-1/b8-4+;. The lowest BCUT2D eigenvalue weighted by Crippen LogP contribution is -3.00. The van der Waals surface area contributed by atoms with Crippen molar-refractivity contribution in [3.63, 3.8) is 0 Å². The molecule has 2 aromatic heterocycles. The number of nitrogens with zero attached hydrogens (tertiary/aromatic N) is 2. The summed E-state index contributed by atoms with van der Waals surface area (Å²) >= 11 is 0. The Morgan fingerprint density at radius 3 is 2.50 bits per heavy atom. The monoisotopic (exact) mass is 362 g/mol. The van der Waals surface area contributed by atoms with Gasteiger partial charge in [-0.2, -0.15) is 4.98 Å². The average molecular weight is 363 g/mol. The molecule has 4 rings (SSSR count). The van der Waals surface area contributed by atoms with Crippen LogP contribution in [0, 0.1) is 0 Å². The lowest BCUT2D eigenvalue weighted by molar-refractivity contribution is -0.00000550. The van der Waals surface area contributed by atoms with Gasteiger partial charge in [0.05, 0.1) is 0 Å². The van der Waals surface area contributed by atoms with E-state index in [1.807, 2.05) is 54.6 Å². The molecule has 5 heteroatoms. The van der Waals surface area contributed by atoms with E-state index in [0.717, 1.165) is 17.8 Å². The Hall–Kier alpha value is -3.11. The number of hydrogen-bond donors (Lipinski definition) is 1. The predicted octanol–water partition coefficient (Wildman–Crippen LogP) is 2.02. The van der Waals surface area contributed by atoms with Crippen molar-refractivity contribution < 1.29 is 16.8 Å². The first kappa shape index (κ1) is 17.7. The zero-order chi connectivity index (χ0) is 16.9. The Bertz CT molecular complexity index is 962. The molecule has 0 spiro atoms. The van der Waals surface area contributed by atoms with Gasteiger partial charge in [0.15, 0.2) is 11.2 Å². The molecule has 4 nitrogen and oxygen atoms in total. The van der Waals surface area contributed by atoms with Gasteiger partial charge in [-0.15, -0.1) is 0 Å². The number of aromatic nitrogens is 2. The van der Waals surface area contributed by atoms with Crippen LogP contribution >= 0.6 is 0 Å². The molecule has 0 bridgehead atoms. The normalized spacial score (nSPS) is 10.8. The smallest absolute Gasteiger partial charge is 0.228 e. The highest BCUT2D eigenvalue weighted by Crippen LogP contribution is 2.24. The summed E-state index contributed by atoms with van der Waals surface area (Å²) in [6, 6.07) is 22.0. The van der Waals surface area contributed by atoms with Crippen molar-refractivity contribution in [3.8, 4) is 11.5 Å². The third kappa shape index (κ3) is 4.10. The second-order valence-electron chi connectivity index (χ2n) is 5.62. The van der Waals surface area contributed by atoms with E-state index in [9.17, 15) is 0 Å². The number of halogens is 1. The molecule has 0 saturated carbocycles. The summed E-state index contributed by atoms with van der Waals surface area (Å²) in [7, 11) is 0. The highest BCUT2D eigenvalue weighted by molar-refractivity contribution is 5.72. The minimum atomic E-state index is 0. The first-order valence-corrected chi connectivity index (χ1v) is 8.16. The summed E-state index contributed by atoms with van der Waals surface area (Å²) in [5, 5.41) is 3.37. The second kappa shape index (κ2) is 8.32. The lowest BCUT2D eigenvalue weighted by Gasteiger charge is -2.03. The van der Waals surface area contributed by atoms with Crippen molar-refractivity contribution in [2.24, 2.45) is 0 Å². The summed E-state index contributed by atoms with van der Waals surface area (Å²) in [5.41, 5.74) is 4.51. The van der Waals surface area contributed by atoms with Gasteiger partial charge in [0.1, 0.15) is 0 Å². The molecular weight excluding hydrogens is 346 g/mol. The quantitative estimate of drug-likeness (QED) is 0.590. The van der Waals surface area contributed by atoms with Crippen LogP contribution in [0.1, 0.15) is 5.56 Å². The Morgan fingerprint density at radius 1 is 0.923 bits per heavy atom. The topological polar surface area (TPSA) is 51.0 Å². The second-order valence-corrected chi connectivity index (χ2v) is 5.62. The SMILES string of the molecule is C(=C\c1ccccc1)/CNc1ccc(-c2nc3ncccc3o2)cc1.[Cl-]. The summed E-state index contributed by atoms with van der Waals surface area (Å²) in [5.74, 6) is 0.587. The highest BCUT2D eigenvalue weighted by Gasteiger charge is 2.08. The van der Waals surface area contributed by atoms with Gasteiger partial charge in [0.25, 0.3) is 0 Å². The van der Waals surface area contributed by atoms with Crippen LogP contribution < -0.4 is 17.7 Å². The maximum atomic E-state index is 5.74. The first-order chi connectivity index (χ1) is 12.4. The fourth-order valence-electron chi connectivity index (χ4n) is 2.56. The van der Waals surface area contributed by atoms with E-state index < -0.39 is 0 Å². The van der Waals surface area contributed by atoms with Crippen molar-refractivity contribution in [1.29, 1.82) is 0 Å². The van der Waals surface area contributed by atoms with Gasteiger partial charge in [-0.3, -0.25) is 0 Å². The predicted molar refractivity (Wildman–Crippen MR) is 101 cm³/mol. The number of rotatable bonds is 5. The van der Waals surface area contributed by atoms with E-state index >= 15 is 0 Å². The molecule has 2 aromatic carbocycles. The molecule has 0 saturated heterocycles. The van der Waals surface area contributed by atoms with E-state index in [4.69, 9.17) is 4.42 Å². The average Bonchev–Trinajstić information content (AvgIpc) is 3.11. The number of anilines is 1. The molecule has 0 atom stereocenters. The van der Waals surface area contributed by atoms with Gasteiger partial charge >= 0.3 is 0 Å². The number of fused-ring (bicyclic) bond motifs is 1. The Labute approximate surface area is 158 Å².